The SMILES string of the molecule is CCC(=O)N1CCC2CCCC(CN(C(=O)c3cnoc3C)Cc3ccccc31)N2CC. The Balaban J connectivity index is 1.78. The average molecular weight is 439 g/mol. The minimum atomic E-state index is -0.0654. The van der Waals surface area contributed by atoms with Gasteiger partial charge in [0.25, 0.3) is 5.91 Å². The minimum absolute atomic E-state index is 0.0654. The highest BCUT2D eigenvalue weighted by Gasteiger charge is 2.34. The Hall–Kier alpha value is -2.67. The number of anilines is 1. The summed E-state index contributed by atoms with van der Waals surface area (Å²) in [6.45, 7) is 8.64. The number of para-hydroxylation sites is 1. The Morgan fingerprint density at radius 3 is 2.62 bits per heavy atom. The summed E-state index contributed by atoms with van der Waals surface area (Å²) in [5.74, 6) is 0.596. The molecule has 1 saturated heterocycles. The average Bonchev–Trinajstić information content (AvgIpc) is 3.24. The van der Waals surface area contributed by atoms with Crippen LogP contribution < -0.4 is 4.90 Å². The molecule has 2 aromatic rings. The Morgan fingerprint density at radius 1 is 1.12 bits per heavy atom. The van der Waals surface area contributed by atoms with Crippen molar-refractivity contribution in [2.24, 2.45) is 0 Å². The second-order valence-electron chi connectivity index (χ2n) is 8.87. The van der Waals surface area contributed by atoms with Crippen molar-refractivity contribution in [3.05, 3.63) is 47.3 Å². The largest absolute Gasteiger partial charge is 0.361 e. The van der Waals surface area contributed by atoms with Gasteiger partial charge in [0.1, 0.15) is 11.3 Å². The molecule has 7 heteroatoms. The molecule has 2 aliphatic rings. The Bertz CT molecular complexity index is 956. The summed E-state index contributed by atoms with van der Waals surface area (Å²) in [6, 6.07) is 8.73. The highest BCUT2D eigenvalue weighted by molar-refractivity contribution is 5.96. The third kappa shape index (κ3) is 4.44. The second-order valence-corrected chi connectivity index (χ2v) is 8.87. The van der Waals surface area contributed by atoms with Gasteiger partial charge in [-0.1, -0.05) is 43.6 Å². The Morgan fingerprint density at radius 2 is 1.91 bits per heavy atom. The zero-order chi connectivity index (χ0) is 22.7. The lowest BCUT2D eigenvalue weighted by Gasteiger charge is -2.43. The molecule has 1 aromatic heterocycles. The molecule has 4 rings (SSSR count). The smallest absolute Gasteiger partial charge is 0.259 e. The van der Waals surface area contributed by atoms with E-state index in [4.69, 9.17) is 4.52 Å². The fourth-order valence-corrected chi connectivity index (χ4v) is 5.35. The highest BCUT2D eigenvalue weighted by atomic mass is 16.5. The van der Waals surface area contributed by atoms with Crippen LogP contribution in [0.25, 0.3) is 0 Å². The first-order valence-electron chi connectivity index (χ1n) is 11.9. The van der Waals surface area contributed by atoms with Gasteiger partial charge in [-0.3, -0.25) is 14.5 Å². The molecule has 2 aliphatic heterocycles. The molecule has 3 heterocycles. The monoisotopic (exact) mass is 438 g/mol. The predicted octanol–water partition coefficient (Wildman–Crippen LogP) is 4.02. The van der Waals surface area contributed by atoms with Gasteiger partial charge in [0.15, 0.2) is 0 Å². The molecule has 0 saturated carbocycles. The molecule has 1 fully saturated rings. The van der Waals surface area contributed by atoms with E-state index in [2.05, 4.69) is 17.0 Å². The molecule has 0 aliphatic carbocycles. The second kappa shape index (κ2) is 9.86. The number of likely N-dealkylation sites (N-methyl/N-ethyl adjacent to an activating group) is 1. The molecule has 2 amide bonds. The van der Waals surface area contributed by atoms with Crippen molar-refractivity contribution in [3.63, 3.8) is 0 Å². The van der Waals surface area contributed by atoms with E-state index in [0.717, 1.165) is 43.5 Å². The number of amides is 2. The molecule has 32 heavy (non-hydrogen) atoms. The molecule has 0 spiro atoms. The molecule has 7 nitrogen and oxygen atoms in total. The number of nitrogens with zero attached hydrogens (tertiary/aromatic N) is 4. The summed E-state index contributed by atoms with van der Waals surface area (Å²) in [5, 5.41) is 3.83. The van der Waals surface area contributed by atoms with Crippen molar-refractivity contribution in [1.29, 1.82) is 0 Å². The van der Waals surface area contributed by atoms with Gasteiger partial charge in [0.2, 0.25) is 5.91 Å². The first kappa shape index (κ1) is 22.5. The number of rotatable bonds is 3. The van der Waals surface area contributed by atoms with E-state index in [-0.39, 0.29) is 11.8 Å². The van der Waals surface area contributed by atoms with Crippen LogP contribution in [0, 0.1) is 6.92 Å². The molecule has 2 unspecified atom stereocenters. The number of aromatic nitrogens is 1. The zero-order valence-corrected chi connectivity index (χ0v) is 19.4. The Kier molecular flexibility index (Phi) is 6.94. The van der Waals surface area contributed by atoms with Crippen LogP contribution in [0.2, 0.25) is 0 Å². The number of carbonyl (C=O) groups is 2. The number of hydrogen-bond donors (Lipinski definition) is 0. The van der Waals surface area contributed by atoms with Gasteiger partial charge in [-0.2, -0.15) is 0 Å². The van der Waals surface area contributed by atoms with E-state index in [1.807, 2.05) is 41.0 Å². The van der Waals surface area contributed by atoms with Crippen molar-refractivity contribution in [2.45, 2.75) is 71.5 Å². The maximum atomic E-state index is 13.6. The van der Waals surface area contributed by atoms with E-state index >= 15 is 0 Å². The number of piperidine rings is 1. The van der Waals surface area contributed by atoms with E-state index in [1.165, 1.54) is 6.20 Å². The molecule has 1 aromatic carbocycles. The maximum Gasteiger partial charge on any atom is 0.259 e. The molecular formula is C25H34N4O3. The van der Waals surface area contributed by atoms with Crippen LogP contribution >= 0.6 is 0 Å². The van der Waals surface area contributed by atoms with Crippen LogP contribution in [0.4, 0.5) is 5.69 Å². The quantitative estimate of drug-likeness (QED) is 0.724. The van der Waals surface area contributed by atoms with Crippen LogP contribution in [0.3, 0.4) is 0 Å². The van der Waals surface area contributed by atoms with Crippen LogP contribution in [-0.4, -0.2) is 58.5 Å². The molecule has 0 N–H and O–H groups in total. The summed E-state index contributed by atoms with van der Waals surface area (Å²) in [4.78, 5) is 33.0. The highest BCUT2D eigenvalue weighted by Crippen LogP contribution is 2.31. The predicted molar refractivity (Wildman–Crippen MR) is 123 cm³/mol. The van der Waals surface area contributed by atoms with Gasteiger partial charge < -0.3 is 14.3 Å². The molecule has 172 valence electrons. The first-order valence-corrected chi connectivity index (χ1v) is 11.9. The van der Waals surface area contributed by atoms with Crippen LogP contribution in [-0.2, 0) is 11.3 Å². The van der Waals surface area contributed by atoms with Crippen LogP contribution in [0.5, 0.6) is 0 Å². The van der Waals surface area contributed by atoms with Gasteiger partial charge in [-0.05, 0) is 44.4 Å². The van der Waals surface area contributed by atoms with Gasteiger partial charge in [-0.15, -0.1) is 0 Å². The van der Waals surface area contributed by atoms with Crippen molar-refractivity contribution >= 4 is 17.5 Å². The third-order valence-electron chi connectivity index (χ3n) is 7.01. The number of fused-ring (bicyclic) bond motifs is 3. The summed E-state index contributed by atoms with van der Waals surface area (Å²) in [5.41, 5.74) is 2.42. The molecular weight excluding hydrogens is 404 g/mol. The Labute approximate surface area is 190 Å². The summed E-state index contributed by atoms with van der Waals surface area (Å²) in [6.07, 6.45) is 6.29. The van der Waals surface area contributed by atoms with Gasteiger partial charge >= 0.3 is 0 Å². The minimum Gasteiger partial charge on any atom is -0.361 e. The lowest BCUT2D eigenvalue weighted by molar-refractivity contribution is -0.118. The zero-order valence-electron chi connectivity index (χ0n) is 19.4. The van der Waals surface area contributed by atoms with Crippen molar-refractivity contribution in [2.75, 3.05) is 24.5 Å². The number of aryl methyl sites for hydroxylation is 1. The maximum absolute atomic E-state index is 13.6. The lowest BCUT2D eigenvalue weighted by Crippen LogP contribution is -2.52. The molecule has 2 bridgehead atoms. The summed E-state index contributed by atoms with van der Waals surface area (Å²) < 4.78 is 5.19. The first-order chi connectivity index (χ1) is 15.5. The number of benzene rings is 1. The summed E-state index contributed by atoms with van der Waals surface area (Å²) >= 11 is 0. The summed E-state index contributed by atoms with van der Waals surface area (Å²) in [7, 11) is 0. The van der Waals surface area contributed by atoms with Crippen molar-refractivity contribution < 1.29 is 14.1 Å². The fraction of sp³-hybridized carbons (Fsp3) is 0.560. The van der Waals surface area contributed by atoms with Crippen LogP contribution in [0.1, 0.15) is 67.6 Å². The molecule has 0 radical (unpaired) electrons. The standard InChI is InChI=1S/C25H34N4O3/c1-4-24(30)29-14-13-20-10-8-11-21(28(20)5-2)17-27(16-19-9-6-7-12-23(19)29)25(31)22-15-26-32-18(22)3/h6-7,9,12,15,20-21H,4-5,8,10-11,13-14,16-17H2,1-3H3. The van der Waals surface area contributed by atoms with Gasteiger partial charge in [0.05, 0.1) is 6.20 Å². The van der Waals surface area contributed by atoms with Gasteiger partial charge in [-0.25, -0.2) is 0 Å². The van der Waals surface area contributed by atoms with Crippen molar-refractivity contribution in [1.82, 2.24) is 15.0 Å². The van der Waals surface area contributed by atoms with E-state index in [0.29, 0.717) is 49.5 Å². The van der Waals surface area contributed by atoms with E-state index in [9.17, 15) is 9.59 Å². The van der Waals surface area contributed by atoms with E-state index < -0.39 is 0 Å². The molecule has 2 atom stereocenters. The van der Waals surface area contributed by atoms with Crippen LogP contribution in [0.15, 0.2) is 35.0 Å². The van der Waals surface area contributed by atoms with Gasteiger partial charge in [0, 0.05) is 43.8 Å². The third-order valence-corrected chi connectivity index (χ3v) is 7.01. The topological polar surface area (TPSA) is 69.9 Å². The van der Waals surface area contributed by atoms with E-state index in [1.54, 1.807) is 6.92 Å². The number of carbonyl (C=O) groups excluding carboxylic acids is 2. The fourth-order valence-electron chi connectivity index (χ4n) is 5.35. The normalized spacial score (nSPS) is 22.2. The number of hydrogen-bond acceptors (Lipinski definition) is 5. The lowest BCUT2D eigenvalue weighted by atomic mass is 9.93. The van der Waals surface area contributed by atoms with Crippen molar-refractivity contribution in [3.8, 4) is 0 Å².